The zero-order valence-electron chi connectivity index (χ0n) is 11.3. The minimum absolute atomic E-state index is 0.0231. The van der Waals surface area contributed by atoms with Crippen molar-refractivity contribution in [2.75, 3.05) is 6.61 Å². The Morgan fingerprint density at radius 2 is 1.80 bits per heavy atom. The van der Waals surface area contributed by atoms with E-state index in [1.54, 1.807) is 0 Å². The van der Waals surface area contributed by atoms with Gasteiger partial charge in [-0.3, -0.25) is 4.79 Å². The molecular weight excluding hydrogens is 252 g/mol. The van der Waals surface area contributed by atoms with E-state index in [0.29, 0.717) is 6.61 Å². The van der Waals surface area contributed by atoms with E-state index in [9.17, 15) is 4.79 Å². The van der Waals surface area contributed by atoms with E-state index in [0.717, 1.165) is 16.9 Å². The Morgan fingerprint density at radius 3 is 2.55 bits per heavy atom. The monoisotopic (exact) mass is 268 g/mol. The first-order valence-corrected chi connectivity index (χ1v) is 6.69. The maximum Gasteiger partial charge on any atom is 0.303 e. The number of benzene rings is 2. The molecule has 0 fully saturated rings. The lowest BCUT2D eigenvalue weighted by molar-refractivity contribution is -0.149. The van der Waals surface area contributed by atoms with E-state index >= 15 is 0 Å². The fraction of sp³-hybridized carbons (Fsp3) is 0.235. The summed E-state index contributed by atoms with van der Waals surface area (Å²) in [7, 11) is 0. The lowest BCUT2D eigenvalue weighted by atomic mass is 9.87. The average Bonchev–Trinajstić information content (AvgIpc) is 2.48. The van der Waals surface area contributed by atoms with Crippen LogP contribution in [0, 0.1) is 0 Å². The molecule has 0 aliphatic carbocycles. The molecule has 0 spiro atoms. The minimum atomic E-state index is -0.292. The Morgan fingerprint density at radius 1 is 1.10 bits per heavy atom. The molecule has 0 unspecified atom stereocenters. The van der Waals surface area contributed by atoms with Crippen LogP contribution in [0.15, 0.2) is 54.6 Å². The third kappa shape index (κ3) is 2.39. The fourth-order valence-corrected chi connectivity index (χ4v) is 2.63. The summed E-state index contributed by atoms with van der Waals surface area (Å²) in [6, 6.07) is 17.8. The Kier molecular flexibility index (Phi) is 3.42. The third-order valence-electron chi connectivity index (χ3n) is 3.53. The van der Waals surface area contributed by atoms with E-state index < -0.39 is 0 Å². The number of ether oxygens (including phenoxy) is 2. The van der Waals surface area contributed by atoms with E-state index in [2.05, 4.69) is 0 Å². The maximum atomic E-state index is 11.4. The molecule has 0 bridgehead atoms. The summed E-state index contributed by atoms with van der Waals surface area (Å²) in [4.78, 5) is 11.4. The van der Waals surface area contributed by atoms with Gasteiger partial charge in [-0.2, -0.15) is 0 Å². The van der Waals surface area contributed by atoms with Gasteiger partial charge in [-0.15, -0.1) is 0 Å². The number of carbonyl (C=O) groups is 1. The van der Waals surface area contributed by atoms with Crippen molar-refractivity contribution >= 4 is 5.97 Å². The molecule has 0 saturated carbocycles. The number of para-hydroxylation sites is 1. The standard InChI is InChI=1S/C17H16O3/c1-12(18)20-17-14-9-5-6-10-16(14)19-11-15(17)13-7-3-2-4-8-13/h2-10,15,17H,11H2,1H3/t15-,17-/m0/s1. The smallest absolute Gasteiger partial charge is 0.303 e. The highest BCUT2D eigenvalue weighted by molar-refractivity contribution is 5.66. The molecule has 3 heteroatoms. The van der Waals surface area contributed by atoms with Gasteiger partial charge in [0.25, 0.3) is 0 Å². The number of carbonyl (C=O) groups excluding carboxylic acids is 1. The summed E-state index contributed by atoms with van der Waals surface area (Å²) in [6.45, 7) is 1.96. The molecule has 2 aromatic rings. The maximum absolute atomic E-state index is 11.4. The van der Waals surface area contributed by atoms with Crippen molar-refractivity contribution in [2.45, 2.75) is 18.9 Å². The molecule has 0 aromatic heterocycles. The molecule has 102 valence electrons. The van der Waals surface area contributed by atoms with Crippen LogP contribution >= 0.6 is 0 Å². The van der Waals surface area contributed by atoms with Crippen molar-refractivity contribution in [2.24, 2.45) is 0 Å². The van der Waals surface area contributed by atoms with E-state index in [-0.39, 0.29) is 18.0 Å². The number of rotatable bonds is 2. The first-order valence-electron chi connectivity index (χ1n) is 6.69. The van der Waals surface area contributed by atoms with Crippen molar-refractivity contribution in [1.29, 1.82) is 0 Å². The second-order valence-corrected chi connectivity index (χ2v) is 4.90. The van der Waals surface area contributed by atoms with E-state index in [1.165, 1.54) is 6.92 Å². The van der Waals surface area contributed by atoms with Gasteiger partial charge in [0.2, 0.25) is 0 Å². The molecule has 20 heavy (non-hydrogen) atoms. The van der Waals surface area contributed by atoms with Gasteiger partial charge in [0.05, 0.1) is 12.5 Å². The zero-order chi connectivity index (χ0) is 13.9. The molecule has 3 rings (SSSR count). The molecule has 3 nitrogen and oxygen atoms in total. The lowest BCUT2D eigenvalue weighted by Crippen LogP contribution is -2.27. The summed E-state index contributed by atoms with van der Waals surface area (Å²) in [5.74, 6) is 0.550. The molecule has 0 N–H and O–H groups in total. The molecule has 0 saturated heterocycles. The fourth-order valence-electron chi connectivity index (χ4n) is 2.63. The van der Waals surface area contributed by atoms with E-state index in [1.807, 2.05) is 54.6 Å². The molecule has 0 radical (unpaired) electrons. The van der Waals surface area contributed by atoms with Crippen molar-refractivity contribution < 1.29 is 14.3 Å². The van der Waals surface area contributed by atoms with Gasteiger partial charge in [0, 0.05) is 12.5 Å². The predicted molar refractivity (Wildman–Crippen MR) is 75.6 cm³/mol. The highest BCUT2D eigenvalue weighted by Gasteiger charge is 2.34. The summed E-state index contributed by atoms with van der Waals surface area (Å²) in [6.07, 6.45) is -0.292. The molecule has 1 aliphatic rings. The van der Waals surface area contributed by atoms with Crippen molar-refractivity contribution in [3.8, 4) is 5.75 Å². The Balaban J connectivity index is 2.01. The Hall–Kier alpha value is -2.29. The second kappa shape index (κ2) is 5.37. The lowest BCUT2D eigenvalue weighted by Gasteiger charge is -2.33. The summed E-state index contributed by atoms with van der Waals surface area (Å²) in [5.41, 5.74) is 2.05. The number of hydrogen-bond donors (Lipinski definition) is 0. The van der Waals surface area contributed by atoms with Gasteiger partial charge in [-0.05, 0) is 11.6 Å². The van der Waals surface area contributed by atoms with Gasteiger partial charge in [0.15, 0.2) is 0 Å². The average molecular weight is 268 g/mol. The quantitative estimate of drug-likeness (QED) is 0.782. The largest absolute Gasteiger partial charge is 0.492 e. The van der Waals surface area contributed by atoms with Crippen LogP contribution in [0.1, 0.15) is 30.1 Å². The van der Waals surface area contributed by atoms with Gasteiger partial charge in [-0.25, -0.2) is 0 Å². The van der Waals surface area contributed by atoms with Crippen LogP contribution in [0.4, 0.5) is 0 Å². The van der Waals surface area contributed by atoms with Crippen LogP contribution < -0.4 is 4.74 Å². The highest BCUT2D eigenvalue weighted by Crippen LogP contribution is 2.42. The number of hydrogen-bond acceptors (Lipinski definition) is 3. The van der Waals surface area contributed by atoms with Gasteiger partial charge in [-0.1, -0.05) is 48.5 Å². The van der Waals surface area contributed by atoms with Crippen LogP contribution in [0.5, 0.6) is 5.75 Å². The molecule has 2 atom stereocenters. The van der Waals surface area contributed by atoms with Crippen LogP contribution in [0.25, 0.3) is 0 Å². The van der Waals surface area contributed by atoms with Crippen LogP contribution in [0.2, 0.25) is 0 Å². The van der Waals surface area contributed by atoms with E-state index in [4.69, 9.17) is 9.47 Å². The van der Waals surface area contributed by atoms with Gasteiger partial charge < -0.3 is 9.47 Å². The van der Waals surface area contributed by atoms with Gasteiger partial charge in [0.1, 0.15) is 11.9 Å². The topological polar surface area (TPSA) is 35.5 Å². The summed E-state index contributed by atoms with van der Waals surface area (Å²) in [5, 5.41) is 0. The Bertz CT molecular complexity index is 607. The van der Waals surface area contributed by atoms with Crippen LogP contribution in [0.3, 0.4) is 0 Å². The minimum Gasteiger partial charge on any atom is -0.492 e. The van der Waals surface area contributed by atoms with Crippen molar-refractivity contribution in [1.82, 2.24) is 0 Å². The molecule has 1 aliphatic heterocycles. The predicted octanol–water partition coefficient (Wildman–Crippen LogP) is 3.47. The molecule has 0 amide bonds. The molecular formula is C17H16O3. The first kappa shape index (κ1) is 12.7. The third-order valence-corrected chi connectivity index (χ3v) is 3.53. The van der Waals surface area contributed by atoms with Gasteiger partial charge >= 0.3 is 5.97 Å². The molecule has 2 aromatic carbocycles. The van der Waals surface area contributed by atoms with Crippen molar-refractivity contribution in [3.63, 3.8) is 0 Å². The van der Waals surface area contributed by atoms with Crippen LogP contribution in [-0.2, 0) is 9.53 Å². The molecule has 1 heterocycles. The number of fused-ring (bicyclic) bond motifs is 1. The summed E-state index contributed by atoms with van der Waals surface area (Å²) >= 11 is 0. The first-order chi connectivity index (χ1) is 9.75. The zero-order valence-corrected chi connectivity index (χ0v) is 11.3. The number of esters is 1. The van der Waals surface area contributed by atoms with Crippen LogP contribution in [-0.4, -0.2) is 12.6 Å². The highest BCUT2D eigenvalue weighted by atomic mass is 16.6. The van der Waals surface area contributed by atoms with Crippen molar-refractivity contribution in [3.05, 3.63) is 65.7 Å². The SMILES string of the molecule is CC(=O)O[C@H]1c2ccccc2OC[C@H]1c1ccccc1. The second-order valence-electron chi connectivity index (χ2n) is 4.90. The summed E-state index contributed by atoms with van der Waals surface area (Å²) < 4.78 is 11.4. The normalized spacial score (nSPS) is 20.6. The Labute approximate surface area is 118 Å².